The number of carbonyl (C=O) groups excluding carboxylic acids is 1. The molecule has 2 N–H and O–H groups in total. The van der Waals surface area contributed by atoms with Gasteiger partial charge in [0, 0.05) is 24.4 Å². The number of methoxy groups -OCH3 is 1. The fourth-order valence-corrected chi connectivity index (χ4v) is 2.62. The molecule has 7 nitrogen and oxygen atoms in total. The third-order valence-electron chi connectivity index (χ3n) is 3.87. The smallest absolute Gasteiger partial charge is 0.240 e. The molecule has 0 atom stereocenters. The molecule has 0 spiro atoms. The minimum absolute atomic E-state index is 0.0854. The Hall–Kier alpha value is -3.00. The normalized spacial score (nSPS) is 10.5. The molecule has 0 aliphatic heterocycles. The quantitative estimate of drug-likeness (QED) is 0.653. The summed E-state index contributed by atoms with van der Waals surface area (Å²) in [6.45, 7) is 2.48. The fourth-order valence-electron chi connectivity index (χ4n) is 2.42. The van der Waals surface area contributed by atoms with Crippen molar-refractivity contribution in [3.63, 3.8) is 0 Å². The maximum Gasteiger partial charge on any atom is 0.240 e. The van der Waals surface area contributed by atoms with E-state index in [4.69, 9.17) is 17.0 Å². The Kier molecular flexibility index (Phi) is 5.43. The molecule has 26 heavy (non-hydrogen) atoms. The first-order chi connectivity index (χ1) is 12.6. The van der Waals surface area contributed by atoms with Crippen molar-refractivity contribution in [2.24, 2.45) is 0 Å². The van der Waals surface area contributed by atoms with Gasteiger partial charge in [0.1, 0.15) is 6.54 Å². The van der Waals surface area contributed by atoms with Crippen molar-refractivity contribution in [3.8, 4) is 17.3 Å². The van der Waals surface area contributed by atoms with E-state index >= 15 is 0 Å². The van der Waals surface area contributed by atoms with Crippen LogP contribution in [-0.2, 0) is 17.9 Å². The van der Waals surface area contributed by atoms with Crippen LogP contribution < -0.4 is 10.1 Å². The van der Waals surface area contributed by atoms with Gasteiger partial charge in [-0.05, 0) is 24.7 Å². The molecule has 0 aliphatic carbocycles. The number of aromatic nitrogens is 4. The number of aromatic amines is 1. The van der Waals surface area contributed by atoms with Crippen LogP contribution in [0.3, 0.4) is 0 Å². The highest BCUT2D eigenvalue weighted by molar-refractivity contribution is 7.71. The summed E-state index contributed by atoms with van der Waals surface area (Å²) in [5.41, 5.74) is 2.93. The van der Waals surface area contributed by atoms with E-state index in [0.717, 1.165) is 16.7 Å². The molecule has 0 unspecified atom stereocenters. The van der Waals surface area contributed by atoms with Crippen molar-refractivity contribution < 1.29 is 9.53 Å². The van der Waals surface area contributed by atoms with Gasteiger partial charge < -0.3 is 10.1 Å². The van der Waals surface area contributed by atoms with Crippen LogP contribution in [0.25, 0.3) is 11.4 Å². The topological polar surface area (TPSA) is 84.8 Å². The maximum atomic E-state index is 12.3. The summed E-state index contributed by atoms with van der Waals surface area (Å²) in [4.78, 5) is 16.4. The fraction of sp³-hybridized carbons (Fsp3) is 0.222. The van der Waals surface area contributed by atoms with Gasteiger partial charge in [-0.1, -0.05) is 35.9 Å². The molecule has 3 aromatic rings. The molecule has 0 saturated heterocycles. The van der Waals surface area contributed by atoms with Crippen molar-refractivity contribution in [1.29, 1.82) is 0 Å². The van der Waals surface area contributed by atoms with Gasteiger partial charge in [0.15, 0.2) is 10.6 Å². The number of rotatable bonds is 6. The molecule has 1 aromatic carbocycles. The highest BCUT2D eigenvalue weighted by atomic mass is 32.1. The van der Waals surface area contributed by atoms with Gasteiger partial charge in [0.25, 0.3) is 0 Å². The Balaban J connectivity index is 1.68. The Bertz CT molecular complexity index is 945. The Morgan fingerprint density at radius 1 is 1.27 bits per heavy atom. The second kappa shape index (κ2) is 7.92. The number of ether oxygens (including phenoxy) is 1. The van der Waals surface area contributed by atoms with Gasteiger partial charge >= 0.3 is 0 Å². The molecule has 8 heteroatoms. The summed E-state index contributed by atoms with van der Waals surface area (Å²) in [5.74, 6) is 1.01. The number of pyridine rings is 1. The maximum absolute atomic E-state index is 12.3. The minimum atomic E-state index is -0.160. The highest BCUT2D eigenvalue weighted by Gasteiger charge is 2.12. The molecule has 0 fully saturated rings. The lowest BCUT2D eigenvalue weighted by Crippen LogP contribution is -2.27. The summed E-state index contributed by atoms with van der Waals surface area (Å²) < 4.78 is 7.10. The van der Waals surface area contributed by atoms with Crippen LogP contribution in [0.2, 0.25) is 0 Å². The zero-order valence-electron chi connectivity index (χ0n) is 14.5. The molecule has 0 radical (unpaired) electrons. The number of hydrogen-bond acceptors (Lipinski definition) is 5. The summed E-state index contributed by atoms with van der Waals surface area (Å²) in [7, 11) is 1.56. The number of nitrogens with zero attached hydrogens (tertiary/aromatic N) is 3. The molecule has 3 rings (SSSR count). The second-order valence-electron chi connectivity index (χ2n) is 5.79. The Morgan fingerprint density at radius 2 is 2.04 bits per heavy atom. The van der Waals surface area contributed by atoms with Gasteiger partial charge in [0.2, 0.25) is 11.8 Å². The van der Waals surface area contributed by atoms with Crippen LogP contribution in [0.4, 0.5) is 0 Å². The van der Waals surface area contributed by atoms with Crippen LogP contribution in [0.5, 0.6) is 5.88 Å². The summed E-state index contributed by atoms with van der Waals surface area (Å²) >= 11 is 5.26. The van der Waals surface area contributed by atoms with Gasteiger partial charge in [-0.2, -0.15) is 5.10 Å². The van der Waals surface area contributed by atoms with E-state index in [0.29, 0.717) is 23.0 Å². The average Bonchev–Trinajstić information content (AvgIpc) is 3.01. The zero-order chi connectivity index (χ0) is 18.5. The van der Waals surface area contributed by atoms with E-state index < -0.39 is 0 Å². The van der Waals surface area contributed by atoms with Crippen LogP contribution in [-0.4, -0.2) is 32.8 Å². The van der Waals surface area contributed by atoms with E-state index in [1.54, 1.807) is 23.9 Å². The van der Waals surface area contributed by atoms with E-state index in [1.165, 1.54) is 0 Å². The number of amides is 1. The van der Waals surface area contributed by atoms with Crippen molar-refractivity contribution in [2.45, 2.75) is 20.0 Å². The summed E-state index contributed by atoms with van der Waals surface area (Å²) in [6, 6.07) is 11.5. The van der Waals surface area contributed by atoms with Crippen LogP contribution in [0.1, 0.15) is 11.1 Å². The average molecular weight is 369 g/mol. The second-order valence-corrected chi connectivity index (χ2v) is 6.18. The van der Waals surface area contributed by atoms with Gasteiger partial charge in [-0.25, -0.2) is 4.98 Å². The standard InChI is InChI=1S/C18H19N5O2S/c1-12-3-6-14(7-4-12)17-21-22-18(26)23(17)11-15(24)19-9-13-5-8-16(25-2)20-10-13/h3-8,10H,9,11H2,1-2H3,(H,19,24)(H,22,26). The van der Waals surface area contributed by atoms with E-state index in [1.807, 2.05) is 37.3 Å². The number of aryl methyl sites for hydroxylation is 1. The van der Waals surface area contributed by atoms with Crippen molar-refractivity contribution in [2.75, 3.05) is 7.11 Å². The van der Waals surface area contributed by atoms with Crippen LogP contribution in [0.15, 0.2) is 42.6 Å². The summed E-state index contributed by atoms with van der Waals surface area (Å²) in [5, 5.41) is 9.86. The molecular weight excluding hydrogens is 350 g/mol. The van der Waals surface area contributed by atoms with Crippen molar-refractivity contribution in [1.82, 2.24) is 25.1 Å². The van der Waals surface area contributed by atoms with Gasteiger partial charge in [0.05, 0.1) is 7.11 Å². The van der Waals surface area contributed by atoms with Gasteiger partial charge in [-0.15, -0.1) is 0 Å². The molecule has 2 heterocycles. The zero-order valence-corrected chi connectivity index (χ0v) is 15.3. The number of nitrogens with one attached hydrogen (secondary N) is 2. The molecule has 0 bridgehead atoms. The van der Waals surface area contributed by atoms with E-state index in [9.17, 15) is 4.79 Å². The van der Waals surface area contributed by atoms with Crippen LogP contribution >= 0.6 is 12.2 Å². The summed E-state index contributed by atoms with van der Waals surface area (Å²) in [6.07, 6.45) is 1.67. The lowest BCUT2D eigenvalue weighted by Gasteiger charge is -2.09. The molecule has 0 aliphatic rings. The number of carbonyl (C=O) groups is 1. The predicted molar refractivity (Wildman–Crippen MR) is 100 cm³/mol. The number of benzene rings is 1. The molecular formula is C18H19N5O2S. The van der Waals surface area contributed by atoms with Crippen molar-refractivity contribution >= 4 is 18.1 Å². The monoisotopic (exact) mass is 369 g/mol. The van der Waals surface area contributed by atoms with Crippen molar-refractivity contribution in [3.05, 3.63) is 58.5 Å². The highest BCUT2D eigenvalue weighted by Crippen LogP contribution is 2.17. The first-order valence-corrected chi connectivity index (χ1v) is 8.45. The minimum Gasteiger partial charge on any atom is -0.481 e. The first-order valence-electron chi connectivity index (χ1n) is 8.04. The molecule has 2 aromatic heterocycles. The van der Waals surface area contributed by atoms with E-state index in [-0.39, 0.29) is 12.5 Å². The SMILES string of the molecule is COc1ccc(CNC(=O)Cn2c(-c3ccc(C)cc3)n[nH]c2=S)cn1. The first kappa shape index (κ1) is 17.8. The third-order valence-corrected chi connectivity index (χ3v) is 4.18. The predicted octanol–water partition coefficient (Wildman–Crippen LogP) is 2.64. The lowest BCUT2D eigenvalue weighted by atomic mass is 10.1. The largest absolute Gasteiger partial charge is 0.481 e. The Labute approximate surface area is 156 Å². The van der Waals surface area contributed by atoms with Gasteiger partial charge in [-0.3, -0.25) is 14.5 Å². The Morgan fingerprint density at radius 3 is 2.69 bits per heavy atom. The third kappa shape index (κ3) is 4.15. The molecule has 0 saturated carbocycles. The lowest BCUT2D eigenvalue weighted by molar-refractivity contribution is -0.121. The van der Waals surface area contributed by atoms with E-state index in [2.05, 4.69) is 20.5 Å². The molecule has 134 valence electrons. The number of hydrogen-bond donors (Lipinski definition) is 2. The molecule has 1 amide bonds. The van der Waals surface area contributed by atoms with Crippen LogP contribution in [0, 0.1) is 11.7 Å². The number of H-pyrrole nitrogens is 1.